The molecular formula is C13H14BrFN2O4. The molecule has 0 spiro atoms. The van der Waals surface area contributed by atoms with Gasteiger partial charge >= 0.3 is 12.0 Å². The number of morpholine rings is 1. The molecule has 1 saturated heterocycles. The zero-order chi connectivity index (χ0) is 15.4. The van der Waals surface area contributed by atoms with Crippen LogP contribution in [0.15, 0.2) is 22.7 Å². The number of anilines is 1. The summed E-state index contributed by atoms with van der Waals surface area (Å²) in [5, 5.41) is 11.3. The van der Waals surface area contributed by atoms with Gasteiger partial charge in [0.05, 0.1) is 23.6 Å². The molecule has 1 heterocycles. The van der Waals surface area contributed by atoms with Crippen molar-refractivity contribution in [1.82, 2.24) is 4.90 Å². The summed E-state index contributed by atoms with van der Waals surface area (Å²) in [5.74, 6) is -1.45. The summed E-state index contributed by atoms with van der Waals surface area (Å²) < 4.78 is 19.0. The molecule has 0 bridgehead atoms. The van der Waals surface area contributed by atoms with Gasteiger partial charge < -0.3 is 20.1 Å². The van der Waals surface area contributed by atoms with Crippen LogP contribution in [0, 0.1) is 5.82 Å². The van der Waals surface area contributed by atoms with Crippen molar-refractivity contribution in [3.63, 3.8) is 0 Å². The molecular weight excluding hydrogens is 347 g/mol. The molecule has 0 saturated carbocycles. The minimum Gasteiger partial charge on any atom is -0.481 e. The molecule has 6 nitrogen and oxygen atoms in total. The molecule has 1 fully saturated rings. The molecule has 114 valence electrons. The Bertz CT molecular complexity index is 555. The van der Waals surface area contributed by atoms with Crippen LogP contribution >= 0.6 is 15.9 Å². The van der Waals surface area contributed by atoms with Gasteiger partial charge in [0.25, 0.3) is 0 Å². The monoisotopic (exact) mass is 360 g/mol. The smallest absolute Gasteiger partial charge is 0.322 e. The quantitative estimate of drug-likeness (QED) is 0.866. The topological polar surface area (TPSA) is 78.9 Å². The maximum Gasteiger partial charge on any atom is 0.322 e. The van der Waals surface area contributed by atoms with Crippen LogP contribution in [0.3, 0.4) is 0 Å². The van der Waals surface area contributed by atoms with Gasteiger partial charge in [-0.15, -0.1) is 0 Å². The van der Waals surface area contributed by atoms with Gasteiger partial charge in [0.2, 0.25) is 0 Å². The highest BCUT2D eigenvalue weighted by Crippen LogP contribution is 2.20. The number of hydrogen-bond acceptors (Lipinski definition) is 3. The van der Waals surface area contributed by atoms with E-state index in [1.807, 2.05) is 0 Å². The van der Waals surface area contributed by atoms with Gasteiger partial charge in [0.15, 0.2) is 0 Å². The number of carbonyl (C=O) groups excluding carboxylic acids is 1. The van der Waals surface area contributed by atoms with Gasteiger partial charge in [0, 0.05) is 18.8 Å². The van der Waals surface area contributed by atoms with Gasteiger partial charge in [-0.3, -0.25) is 4.79 Å². The third-order valence-electron chi connectivity index (χ3n) is 3.00. The summed E-state index contributed by atoms with van der Waals surface area (Å²) in [4.78, 5) is 24.2. The largest absolute Gasteiger partial charge is 0.481 e. The van der Waals surface area contributed by atoms with Crippen molar-refractivity contribution in [1.29, 1.82) is 0 Å². The highest BCUT2D eigenvalue weighted by atomic mass is 79.9. The first-order valence-corrected chi connectivity index (χ1v) is 7.09. The molecule has 1 aromatic carbocycles. The number of aliphatic carboxylic acids is 1. The highest BCUT2D eigenvalue weighted by Gasteiger charge is 2.26. The summed E-state index contributed by atoms with van der Waals surface area (Å²) in [6.45, 7) is 0.832. The zero-order valence-electron chi connectivity index (χ0n) is 11.0. The van der Waals surface area contributed by atoms with Crippen LogP contribution in [0.5, 0.6) is 0 Å². The third kappa shape index (κ3) is 4.40. The highest BCUT2D eigenvalue weighted by molar-refractivity contribution is 9.10. The van der Waals surface area contributed by atoms with E-state index in [9.17, 15) is 14.0 Å². The Hall–Kier alpha value is -1.67. The van der Waals surface area contributed by atoms with Crippen molar-refractivity contribution in [2.24, 2.45) is 0 Å². The Balaban J connectivity index is 1.96. The van der Waals surface area contributed by atoms with Gasteiger partial charge in [-0.1, -0.05) is 0 Å². The number of benzene rings is 1. The van der Waals surface area contributed by atoms with Crippen LogP contribution in [-0.2, 0) is 9.53 Å². The Morgan fingerprint density at radius 3 is 2.95 bits per heavy atom. The fourth-order valence-corrected chi connectivity index (χ4v) is 2.25. The predicted octanol–water partition coefficient (Wildman–Crippen LogP) is 2.30. The summed E-state index contributed by atoms with van der Waals surface area (Å²) in [6, 6.07) is 3.87. The van der Waals surface area contributed by atoms with E-state index in [4.69, 9.17) is 9.84 Å². The first-order chi connectivity index (χ1) is 9.95. The van der Waals surface area contributed by atoms with Crippen molar-refractivity contribution in [3.8, 4) is 0 Å². The average molecular weight is 361 g/mol. The van der Waals surface area contributed by atoms with E-state index in [1.165, 1.54) is 17.0 Å². The van der Waals surface area contributed by atoms with Gasteiger partial charge in [0.1, 0.15) is 5.82 Å². The molecule has 8 heteroatoms. The second-order valence-electron chi connectivity index (χ2n) is 4.60. The number of hydrogen-bond donors (Lipinski definition) is 2. The first kappa shape index (κ1) is 15.7. The molecule has 1 unspecified atom stereocenters. The second-order valence-corrected chi connectivity index (χ2v) is 5.45. The van der Waals surface area contributed by atoms with E-state index in [2.05, 4.69) is 21.2 Å². The molecule has 1 aliphatic heterocycles. The van der Waals surface area contributed by atoms with Crippen molar-refractivity contribution in [2.45, 2.75) is 12.5 Å². The van der Waals surface area contributed by atoms with Crippen LogP contribution in [0.1, 0.15) is 6.42 Å². The van der Waals surface area contributed by atoms with Crippen LogP contribution < -0.4 is 5.32 Å². The van der Waals surface area contributed by atoms with Crippen LogP contribution in [0.25, 0.3) is 0 Å². The van der Waals surface area contributed by atoms with Crippen LogP contribution in [0.4, 0.5) is 14.9 Å². The molecule has 0 aromatic heterocycles. The van der Waals surface area contributed by atoms with E-state index >= 15 is 0 Å². The average Bonchev–Trinajstić information content (AvgIpc) is 2.42. The lowest BCUT2D eigenvalue weighted by Crippen LogP contribution is -2.47. The van der Waals surface area contributed by atoms with Gasteiger partial charge in [-0.25, -0.2) is 9.18 Å². The van der Waals surface area contributed by atoms with E-state index in [0.717, 1.165) is 0 Å². The van der Waals surface area contributed by atoms with E-state index < -0.39 is 23.9 Å². The lowest BCUT2D eigenvalue weighted by molar-refractivity contribution is -0.141. The number of carboxylic acid groups (broad SMARTS) is 1. The second kappa shape index (κ2) is 6.86. The number of carboxylic acids is 1. The fraction of sp³-hybridized carbons (Fsp3) is 0.385. The lowest BCUT2D eigenvalue weighted by atomic mass is 10.2. The molecule has 0 radical (unpaired) electrons. The first-order valence-electron chi connectivity index (χ1n) is 6.30. The summed E-state index contributed by atoms with van der Waals surface area (Å²) in [5.41, 5.74) is 0.335. The minimum atomic E-state index is -0.975. The summed E-state index contributed by atoms with van der Waals surface area (Å²) in [6.07, 6.45) is -0.680. The van der Waals surface area contributed by atoms with Crippen LogP contribution in [-0.4, -0.2) is 47.8 Å². The lowest BCUT2D eigenvalue weighted by Gasteiger charge is -2.32. The maximum absolute atomic E-state index is 13.4. The Morgan fingerprint density at radius 2 is 2.29 bits per heavy atom. The molecule has 21 heavy (non-hydrogen) atoms. The van der Waals surface area contributed by atoms with Crippen molar-refractivity contribution < 1.29 is 23.8 Å². The number of urea groups is 1. The molecule has 1 atom stereocenters. The Labute approximate surface area is 129 Å². The van der Waals surface area contributed by atoms with E-state index in [1.54, 1.807) is 6.07 Å². The molecule has 0 aliphatic carbocycles. The normalized spacial score (nSPS) is 18.4. The van der Waals surface area contributed by atoms with Gasteiger partial charge in [-0.05, 0) is 34.1 Å². The SMILES string of the molecule is O=C(O)CC1CN(C(=O)Nc2ccc(Br)c(F)c2)CCO1. The van der Waals surface area contributed by atoms with Crippen molar-refractivity contribution >= 4 is 33.6 Å². The standard InChI is InChI=1S/C13H14BrFN2O4/c14-10-2-1-8(5-11(10)15)16-13(20)17-3-4-21-9(7-17)6-12(18)19/h1-2,5,9H,3-4,6-7H2,(H,16,20)(H,18,19). The molecule has 1 aromatic rings. The number of halogens is 2. The number of carbonyl (C=O) groups is 2. The van der Waals surface area contributed by atoms with E-state index in [-0.39, 0.29) is 19.6 Å². The minimum absolute atomic E-state index is 0.156. The number of nitrogens with zero attached hydrogens (tertiary/aromatic N) is 1. The molecule has 2 N–H and O–H groups in total. The molecule has 2 rings (SSSR count). The van der Waals surface area contributed by atoms with Crippen molar-refractivity contribution in [2.75, 3.05) is 25.0 Å². The van der Waals surface area contributed by atoms with Crippen LogP contribution in [0.2, 0.25) is 0 Å². The molecule has 2 amide bonds. The van der Waals surface area contributed by atoms with E-state index in [0.29, 0.717) is 16.7 Å². The van der Waals surface area contributed by atoms with Crippen molar-refractivity contribution in [3.05, 3.63) is 28.5 Å². The summed E-state index contributed by atoms with van der Waals surface area (Å²) in [7, 11) is 0. The fourth-order valence-electron chi connectivity index (χ4n) is 2.00. The Kier molecular flexibility index (Phi) is 5.13. The van der Waals surface area contributed by atoms with Gasteiger partial charge in [-0.2, -0.15) is 0 Å². The summed E-state index contributed by atoms with van der Waals surface area (Å²) >= 11 is 3.03. The third-order valence-corrected chi connectivity index (χ3v) is 3.64. The number of nitrogens with one attached hydrogen (secondary N) is 1. The molecule has 1 aliphatic rings. The predicted molar refractivity (Wildman–Crippen MR) is 76.7 cm³/mol. The Morgan fingerprint density at radius 1 is 1.52 bits per heavy atom. The maximum atomic E-state index is 13.4. The zero-order valence-corrected chi connectivity index (χ0v) is 12.6. The number of ether oxygens (including phenoxy) is 1. The number of rotatable bonds is 3. The number of amides is 2.